The van der Waals surface area contributed by atoms with Gasteiger partial charge in [0.15, 0.2) is 0 Å². The summed E-state index contributed by atoms with van der Waals surface area (Å²) in [4.78, 5) is 11.8. The highest BCUT2D eigenvalue weighted by Gasteiger charge is 2.25. The van der Waals surface area contributed by atoms with Crippen LogP contribution in [0.2, 0.25) is 0 Å². The summed E-state index contributed by atoms with van der Waals surface area (Å²) in [7, 11) is 0. The summed E-state index contributed by atoms with van der Waals surface area (Å²) in [6.45, 7) is 5.51. The van der Waals surface area contributed by atoms with Gasteiger partial charge in [0.05, 0.1) is 12.1 Å². The first-order valence-electron chi connectivity index (χ1n) is 6.34. The predicted molar refractivity (Wildman–Crippen MR) is 64.1 cm³/mol. The van der Waals surface area contributed by atoms with Crippen LogP contribution in [0.15, 0.2) is 0 Å². The highest BCUT2D eigenvalue weighted by molar-refractivity contribution is 5.78. The van der Waals surface area contributed by atoms with Crippen LogP contribution in [0.1, 0.15) is 39.5 Å². The number of amides is 1. The number of rotatable bonds is 5. The Hall–Kier alpha value is -0.610. The van der Waals surface area contributed by atoms with Crippen molar-refractivity contribution in [2.75, 3.05) is 13.1 Å². The average molecular weight is 228 g/mol. The zero-order chi connectivity index (χ0) is 12.0. The summed E-state index contributed by atoms with van der Waals surface area (Å²) in [6.07, 6.45) is 3.53. The number of carbonyl (C=O) groups excluding carboxylic acids is 1. The van der Waals surface area contributed by atoms with Gasteiger partial charge in [-0.3, -0.25) is 4.79 Å². The van der Waals surface area contributed by atoms with Gasteiger partial charge in [-0.1, -0.05) is 26.7 Å². The first-order valence-corrected chi connectivity index (χ1v) is 6.34. The monoisotopic (exact) mass is 228 g/mol. The van der Waals surface area contributed by atoms with Crippen molar-refractivity contribution in [1.82, 2.24) is 10.6 Å². The minimum absolute atomic E-state index is 0.0333. The number of nitrogens with one attached hydrogen (secondary N) is 2. The fourth-order valence-corrected chi connectivity index (χ4v) is 2.06. The molecule has 1 amide bonds. The lowest BCUT2D eigenvalue weighted by Gasteiger charge is -2.29. The largest absolute Gasteiger partial charge is 0.391 e. The van der Waals surface area contributed by atoms with E-state index >= 15 is 0 Å². The molecule has 3 atom stereocenters. The van der Waals surface area contributed by atoms with Crippen LogP contribution in [0.3, 0.4) is 0 Å². The van der Waals surface area contributed by atoms with Crippen molar-refractivity contribution in [3.63, 3.8) is 0 Å². The quantitative estimate of drug-likeness (QED) is 0.647. The molecule has 3 unspecified atom stereocenters. The Bertz CT molecular complexity index is 221. The summed E-state index contributed by atoms with van der Waals surface area (Å²) in [5.41, 5.74) is 0. The molecule has 4 nitrogen and oxygen atoms in total. The Morgan fingerprint density at radius 3 is 2.75 bits per heavy atom. The topological polar surface area (TPSA) is 61.4 Å². The number of hydrogen-bond donors (Lipinski definition) is 3. The highest BCUT2D eigenvalue weighted by Crippen LogP contribution is 2.18. The predicted octanol–water partition coefficient (Wildman–Crippen LogP) is 0.652. The molecular weight excluding hydrogens is 204 g/mol. The van der Waals surface area contributed by atoms with Crippen LogP contribution < -0.4 is 10.6 Å². The average Bonchev–Trinajstić information content (AvgIpc) is 2.28. The van der Waals surface area contributed by atoms with Crippen molar-refractivity contribution in [2.24, 2.45) is 5.92 Å². The molecule has 1 saturated carbocycles. The number of aliphatic hydroxyl groups excluding tert-OH is 1. The minimum Gasteiger partial charge on any atom is -0.391 e. The van der Waals surface area contributed by atoms with Crippen LogP contribution in [0.4, 0.5) is 0 Å². The Labute approximate surface area is 97.8 Å². The van der Waals surface area contributed by atoms with Gasteiger partial charge >= 0.3 is 0 Å². The summed E-state index contributed by atoms with van der Waals surface area (Å²) >= 11 is 0. The lowest BCUT2D eigenvalue weighted by atomic mass is 9.92. The summed E-state index contributed by atoms with van der Waals surface area (Å²) in [5.74, 6) is 0.0148. The third kappa shape index (κ3) is 4.10. The Morgan fingerprint density at radius 2 is 2.12 bits per heavy atom. The van der Waals surface area contributed by atoms with E-state index in [4.69, 9.17) is 0 Å². The van der Waals surface area contributed by atoms with Gasteiger partial charge < -0.3 is 15.7 Å². The van der Waals surface area contributed by atoms with Crippen LogP contribution in [-0.4, -0.2) is 36.2 Å². The molecule has 1 fully saturated rings. The standard InChI is InChI=1S/C12H24N2O2/c1-3-13-8-9(2)12(16)14-10-6-4-5-7-11(10)15/h9-11,13,15H,3-8H2,1-2H3,(H,14,16). The van der Waals surface area contributed by atoms with Crippen LogP contribution in [0.5, 0.6) is 0 Å². The normalized spacial score (nSPS) is 27.4. The van der Waals surface area contributed by atoms with E-state index in [1.54, 1.807) is 0 Å². The molecule has 0 aromatic heterocycles. The second-order valence-electron chi connectivity index (χ2n) is 4.68. The molecule has 0 radical (unpaired) electrons. The maximum absolute atomic E-state index is 11.8. The van der Waals surface area contributed by atoms with Crippen molar-refractivity contribution in [3.05, 3.63) is 0 Å². The molecule has 0 heterocycles. The molecule has 94 valence electrons. The van der Waals surface area contributed by atoms with Crippen molar-refractivity contribution < 1.29 is 9.90 Å². The van der Waals surface area contributed by atoms with Gasteiger partial charge in [0.1, 0.15) is 0 Å². The molecule has 1 aliphatic rings. The summed E-state index contributed by atoms with van der Waals surface area (Å²) in [6, 6.07) is -0.0367. The molecule has 0 aromatic rings. The zero-order valence-electron chi connectivity index (χ0n) is 10.3. The van der Waals surface area contributed by atoms with E-state index in [0.717, 1.165) is 32.2 Å². The molecule has 0 bridgehead atoms. The molecule has 1 aliphatic carbocycles. The maximum Gasteiger partial charge on any atom is 0.224 e. The smallest absolute Gasteiger partial charge is 0.224 e. The third-order valence-electron chi connectivity index (χ3n) is 3.21. The van der Waals surface area contributed by atoms with Crippen molar-refractivity contribution >= 4 is 5.91 Å². The molecule has 0 spiro atoms. The van der Waals surface area contributed by atoms with E-state index in [1.807, 2.05) is 13.8 Å². The Morgan fingerprint density at radius 1 is 1.44 bits per heavy atom. The van der Waals surface area contributed by atoms with Crippen molar-refractivity contribution in [3.8, 4) is 0 Å². The maximum atomic E-state index is 11.8. The molecular formula is C12H24N2O2. The van der Waals surface area contributed by atoms with E-state index in [2.05, 4.69) is 10.6 Å². The van der Waals surface area contributed by atoms with Gasteiger partial charge in [-0.15, -0.1) is 0 Å². The molecule has 0 aromatic carbocycles. The van der Waals surface area contributed by atoms with E-state index in [-0.39, 0.29) is 24.0 Å². The van der Waals surface area contributed by atoms with Crippen molar-refractivity contribution in [1.29, 1.82) is 0 Å². The first-order chi connectivity index (χ1) is 7.65. The highest BCUT2D eigenvalue weighted by atomic mass is 16.3. The molecule has 3 N–H and O–H groups in total. The lowest BCUT2D eigenvalue weighted by Crippen LogP contribution is -2.48. The van der Waals surface area contributed by atoms with Gasteiger partial charge in [0, 0.05) is 12.5 Å². The molecule has 4 heteroatoms. The van der Waals surface area contributed by atoms with Gasteiger partial charge in [-0.2, -0.15) is 0 Å². The van der Waals surface area contributed by atoms with Gasteiger partial charge in [0.25, 0.3) is 0 Å². The molecule has 0 aliphatic heterocycles. The number of carbonyl (C=O) groups is 1. The second-order valence-corrected chi connectivity index (χ2v) is 4.68. The van der Waals surface area contributed by atoms with Gasteiger partial charge in [-0.25, -0.2) is 0 Å². The summed E-state index contributed by atoms with van der Waals surface area (Å²) < 4.78 is 0. The second kappa shape index (κ2) is 6.86. The first kappa shape index (κ1) is 13.5. The van der Waals surface area contributed by atoms with E-state index in [1.165, 1.54) is 0 Å². The van der Waals surface area contributed by atoms with Crippen molar-refractivity contribution in [2.45, 2.75) is 51.7 Å². The molecule has 1 rings (SSSR count). The van der Waals surface area contributed by atoms with E-state index in [0.29, 0.717) is 6.54 Å². The Kier molecular flexibility index (Phi) is 5.77. The van der Waals surface area contributed by atoms with Crippen LogP contribution in [-0.2, 0) is 4.79 Å². The molecule has 0 saturated heterocycles. The van der Waals surface area contributed by atoms with Crippen LogP contribution in [0.25, 0.3) is 0 Å². The van der Waals surface area contributed by atoms with E-state index < -0.39 is 0 Å². The Balaban J connectivity index is 2.31. The molecule has 16 heavy (non-hydrogen) atoms. The lowest BCUT2D eigenvalue weighted by molar-refractivity contribution is -0.126. The van der Waals surface area contributed by atoms with Gasteiger partial charge in [-0.05, 0) is 19.4 Å². The van der Waals surface area contributed by atoms with E-state index in [9.17, 15) is 9.90 Å². The summed E-state index contributed by atoms with van der Waals surface area (Å²) in [5, 5.41) is 15.8. The minimum atomic E-state index is -0.357. The number of aliphatic hydroxyl groups is 1. The van der Waals surface area contributed by atoms with Crippen LogP contribution >= 0.6 is 0 Å². The van der Waals surface area contributed by atoms with Gasteiger partial charge in [0.2, 0.25) is 5.91 Å². The van der Waals surface area contributed by atoms with Crippen LogP contribution in [0, 0.1) is 5.92 Å². The third-order valence-corrected chi connectivity index (χ3v) is 3.21. The number of hydrogen-bond acceptors (Lipinski definition) is 3. The fraction of sp³-hybridized carbons (Fsp3) is 0.917. The zero-order valence-corrected chi connectivity index (χ0v) is 10.3. The fourth-order valence-electron chi connectivity index (χ4n) is 2.06. The SMILES string of the molecule is CCNCC(C)C(=O)NC1CCCCC1O.